The smallest absolute Gasteiger partial charge is 0.0153 e. The van der Waals surface area contributed by atoms with Crippen molar-refractivity contribution >= 4 is 12.2 Å². The van der Waals surface area contributed by atoms with Crippen LogP contribution in [0.2, 0.25) is 0 Å². The van der Waals surface area contributed by atoms with Crippen LogP contribution in [0.5, 0.6) is 0 Å². The number of rotatable bonds is 0. The summed E-state index contributed by atoms with van der Waals surface area (Å²) in [7, 11) is 0. The Hall–Kier alpha value is -2.08. The minimum atomic E-state index is 0.262. The lowest BCUT2D eigenvalue weighted by Crippen LogP contribution is -2.24. The molecule has 0 bridgehead atoms. The summed E-state index contributed by atoms with van der Waals surface area (Å²) in [6, 6.07) is 17.9. The molecule has 5 rings (SSSR count). The molecule has 0 heteroatoms. The lowest BCUT2D eigenvalue weighted by molar-refractivity contribution is 0.506. The second kappa shape index (κ2) is 3.76. The van der Waals surface area contributed by atoms with Crippen LogP contribution >= 0.6 is 0 Å². The normalized spacial score (nSPS) is 31.2. The summed E-state index contributed by atoms with van der Waals surface area (Å²) < 4.78 is 0. The Bertz CT molecular complexity index is 728. The van der Waals surface area contributed by atoms with Gasteiger partial charge in [-0.05, 0) is 41.5 Å². The summed E-state index contributed by atoms with van der Waals surface area (Å²) in [5.41, 5.74) is 6.45. The Labute approximate surface area is 125 Å². The van der Waals surface area contributed by atoms with Crippen molar-refractivity contribution in [1.82, 2.24) is 0 Å². The Morgan fingerprint density at radius 2 is 1.10 bits per heavy atom. The molecule has 1 fully saturated rings. The van der Waals surface area contributed by atoms with E-state index in [1.165, 1.54) is 30.4 Å². The molecule has 0 aromatic heterocycles. The topological polar surface area (TPSA) is 0 Å². The SMILES string of the molecule is C1=CC2(CCC3(C=Cc4ccccc43)C2)c2ccccc21. The van der Waals surface area contributed by atoms with E-state index in [4.69, 9.17) is 0 Å². The van der Waals surface area contributed by atoms with Gasteiger partial charge in [0.05, 0.1) is 0 Å². The van der Waals surface area contributed by atoms with Crippen molar-refractivity contribution in [3.63, 3.8) is 0 Å². The van der Waals surface area contributed by atoms with Gasteiger partial charge in [-0.25, -0.2) is 0 Å². The molecule has 21 heavy (non-hydrogen) atoms. The standard InChI is InChI=1S/C21H18/c1-3-7-18-16(5-1)9-11-20(18)13-14-21(15-20)12-10-17-6-2-4-8-19(17)21/h1-12H,13-15H2. The maximum atomic E-state index is 2.47. The van der Waals surface area contributed by atoms with E-state index < -0.39 is 0 Å². The van der Waals surface area contributed by atoms with Gasteiger partial charge < -0.3 is 0 Å². The molecule has 0 amide bonds. The quantitative estimate of drug-likeness (QED) is 0.624. The minimum Gasteiger partial charge on any atom is -0.0733 e. The number of benzene rings is 2. The van der Waals surface area contributed by atoms with Gasteiger partial charge in [-0.1, -0.05) is 72.8 Å². The van der Waals surface area contributed by atoms with Crippen LogP contribution in [-0.4, -0.2) is 0 Å². The molecule has 0 saturated heterocycles. The maximum Gasteiger partial charge on any atom is 0.0153 e. The highest BCUT2D eigenvalue weighted by Gasteiger charge is 2.50. The molecule has 2 aromatic rings. The lowest BCUT2D eigenvalue weighted by Gasteiger charge is -2.28. The van der Waals surface area contributed by atoms with E-state index in [0.717, 1.165) is 0 Å². The van der Waals surface area contributed by atoms with Crippen LogP contribution in [-0.2, 0) is 10.8 Å². The highest BCUT2D eigenvalue weighted by atomic mass is 14.5. The zero-order chi connectivity index (χ0) is 13.9. The van der Waals surface area contributed by atoms with Gasteiger partial charge in [-0.3, -0.25) is 0 Å². The van der Waals surface area contributed by atoms with E-state index in [-0.39, 0.29) is 10.8 Å². The van der Waals surface area contributed by atoms with E-state index in [1.54, 1.807) is 11.1 Å². The first-order chi connectivity index (χ1) is 10.3. The molecule has 2 spiro atoms. The summed E-state index contributed by atoms with van der Waals surface area (Å²) in [6.07, 6.45) is 13.4. The second-order valence-corrected chi connectivity index (χ2v) is 6.83. The molecule has 0 heterocycles. The average molecular weight is 270 g/mol. The molecule has 0 nitrogen and oxygen atoms in total. The van der Waals surface area contributed by atoms with E-state index in [2.05, 4.69) is 72.8 Å². The molecule has 2 unspecified atom stereocenters. The van der Waals surface area contributed by atoms with E-state index in [9.17, 15) is 0 Å². The highest BCUT2D eigenvalue weighted by Crippen LogP contribution is 2.58. The largest absolute Gasteiger partial charge is 0.0733 e. The average Bonchev–Trinajstić information content (AvgIpc) is 3.20. The van der Waals surface area contributed by atoms with Crippen LogP contribution in [0.4, 0.5) is 0 Å². The minimum absolute atomic E-state index is 0.262. The van der Waals surface area contributed by atoms with Crippen molar-refractivity contribution in [1.29, 1.82) is 0 Å². The van der Waals surface area contributed by atoms with Gasteiger partial charge in [0.15, 0.2) is 0 Å². The molecule has 1 saturated carbocycles. The Kier molecular flexibility index (Phi) is 2.07. The number of hydrogen-bond donors (Lipinski definition) is 0. The zero-order valence-corrected chi connectivity index (χ0v) is 12.0. The predicted octanol–water partition coefficient (Wildman–Crippen LogP) is 5.10. The summed E-state index contributed by atoms with van der Waals surface area (Å²) >= 11 is 0. The van der Waals surface area contributed by atoms with Gasteiger partial charge in [-0.15, -0.1) is 0 Å². The van der Waals surface area contributed by atoms with Gasteiger partial charge in [0, 0.05) is 10.8 Å². The van der Waals surface area contributed by atoms with Crippen LogP contribution < -0.4 is 0 Å². The molecule has 0 radical (unpaired) electrons. The molecule has 0 aliphatic heterocycles. The summed E-state index contributed by atoms with van der Waals surface area (Å²) in [4.78, 5) is 0. The third-order valence-corrected chi connectivity index (χ3v) is 5.81. The Morgan fingerprint density at radius 3 is 1.62 bits per heavy atom. The van der Waals surface area contributed by atoms with Gasteiger partial charge in [0.1, 0.15) is 0 Å². The maximum absolute atomic E-state index is 2.47. The van der Waals surface area contributed by atoms with Gasteiger partial charge >= 0.3 is 0 Å². The Balaban J connectivity index is 1.63. The van der Waals surface area contributed by atoms with Crippen molar-refractivity contribution in [3.05, 3.63) is 82.9 Å². The molecule has 3 aliphatic rings. The Morgan fingerprint density at radius 1 is 0.619 bits per heavy atom. The van der Waals surface area contributed by atoms with E-state index in [1.807, 2.05) is 0 Å². The second-order valence-electron chi connectivity index (χ2n) is 6.83. The van der Waals surface area contributed by atoms with Crippen LogP contribution in [0.1, 0.15) is 41.5 Å². The van der Waals surface area contributed by atoms with Crippen molar-refractivity contribution in [2.75, 3.05) is 0 Å². The fraction of sp³-hybridized carbons (Fsp3) is 0.238. The molecule has 102 valence electrons. The molecule has 3 aliphatic carbocycles. The summed E-state index contributed by atoms with van der Waals surface area (Å²) in [6.45, 7) is 0. The van der Waals surface area contributed by atoms with Gasteiger partial charge in [0.25, 0.3) is 0 Å². The van der Waals surface area contributed by atoms with Crippen molar-refractivity contribution in [2.24, 2.45) is 0 Å². The first-order valence-electron chi connectivity index (χ1n) is 7.89. The van der Waals surface area contributed by atoms with Gasteiger partial charge in [-0.2, -0.15) is 0 Å². The molecule has 2 atom stereocenters. The van der Waals surface area contributed by atoms with Crippen LogP contribution in [0.15, 0.2) is 60.7 Å². The molecule has 2 aromatic carbocycles. The first kappa shape index (κ1) is 11.6. The van der Waals surface area contributed by atoms with Crippen LogP contribution in [0.25, 0.3) is 12.2 Å². The van der Waals surface area contributed by atoms with Crippen LogP contribution in [0, 0.1) is 0 Å². The molecular weight excluding hydrogens is 252 g/mol. The van der Waals surface area contributed by atoms with Crippen molar-refractivity contribution in [2.45, 2.75) is 30.1 Å². The number of fused-ring (bicyclic) bond motifs is 4. The van der Waals surface area contributed by atoms with Crippen molar-refractivity contribution < 1.29 is 0 Å². The fourth-order valence-corrected chi connectivity index (χ4v) is 4.80. The highest BCUT2D eigenvalue weighted by molar-refractivity contribution is 5.70. The van der Waals surface area contributed by atoms with E-state index >= 15 is 0 Å². The molecule has 0 N–H and O–H groups in total. The number of allylic oxidation sites excluding steroid dienone is 2. The summed E-state index contributed by atoms with van der Waals surface area (Å²) in [5, 5.41) is 0. The third kappa shape index (κ3) is 1.40. The predicted molar refractivity (Wildman–Crippen MR) is 88.2 cm³/mol. The monoisotopic (exact) mass is 270 g/mol. The lowest BCUT2D eigenvalue weighted by atomic mass is 9.74. The molecular formula is C21H18. The van der Waals surface area contributed by atoms with Crippen LogP contribution in [0.3, 0.4) is 0 Å². The third-order valence-electron chi connectivity index (χ3n) is 5.81. The van der Waals surface area contributed by atoms with E-state index in [0.29, 0.717) is 0 Å². The van der Waals surface area contributed by atoms with Crippen molar-refractivity contribution in [3.8, 4) is 0 Å². The summed E-state index contributed by atoms with van der Waals surface area (Å²) in [5.74, 6) is 0. The van der Waals surface area contributed by atoms with Gasteiger partial charge in [0.2, 0.25) is 0 Å². The fourth-order valence-electron chi connectivity index (χ4n) is 4.80. The zero-order valence-electron chi connectivity index (χ0n) is 12.0. The first-order valence-corrected chi connectivity index (χ1v) is 7.89. The number of hydrogen-bond acceptors (Lipinski definition) is 0.